The molecule has 0 aliphatic carbocycles. The maximum Gasteiger partial charge on any atom is 0.228 e. The number of carbonyl (C=O) groups is 1. The molecule has 3 rings (SSSR count). The van der Waals surface area contributed by atoms with E-state index in [1.165, 1.54) is 0 Å². The lowest BCUT2D eigenvalue weighted by Crippen LogP contribution is -2.39. The Morgan fingerprint density at radius 3 is 3.05 bits per heavy atom. The van der Waals surface area contributed by atoms with Gasteiger partial charge in [-0.3, -0.25) is 9.69 Å². The molecule has 0 N–H and O–H groups in total. The Hall–Kier alpha value is -1.47. The molecule has 1 aromatic rings. The first-order valence-corrected chi connectivity index (χ1v) is 8.23. The van der Waals surface area contributed by atoms with Crippen molar-refractivity contribution in [2.24, 2.45) is 5.92 Å². The second kappa shape index (κ2) is 7.19. The Kier molecular flexibility index (Phi) is 5.04. The number of nitrogens with zero attached hydrogens (tertiary/aromatic N) is 5. The number of amides is 1. The van der Waals surface area contributed by atoms with Crippen molar-refractivity contribution in [3.05, 3.63) is 12.2 Å². The molecule has 7 nitrogen and oxygen atoms in total. The predicted octanol–water partition coefficient (Wildman–Crippen LogP) is 0.369. The number of aryl methyl sites for hydroxylation is 1. The van der Waals surface area contributed by atoms with Gasteiger partial charge in [0.2, 0.25) is 5.91 Å². The van der Waals surface area contributed by atoms with E-state index in [1.807, 2.05) is 9.58 Å². The molecular weight excluding hydrogens is 282 g/mol. The third-order valence-electron chi connectivity index (χ3n) is 4.54. The summed E-state index contributed by atoms with van der Waals surface area (Å²) in [6.45, 7) is 8.60. The zero-order valence-electron chi connectivity index (χ0n) is 13.3. The Balaban J connectivity index is 1.54. The van der Waals surface area contributed by atoms with Crippen molar-refractivity contribution >= 4 is 5.91 Å². The molecule has 2 aliphatic rings. The van der Waals surface area contributed by atoms with E-state index >= 15 is 0 Å². The summed E-state index contributed by atoms with van der Waals surface area (Å²) in [5.74, 6) is 1.36. The van der Waals surface area contributed by atoms with Crippen LogP contribution in [0.1, 0.15) is 25.6 Å². The molecule has 0 spiro atoms. The molecule has 1 atom stereocenters. The van der Waals surface area contributed by atoms with Gasteiger partial charge in [-0.25, -0.2) is 9.67 Å². The van der Waals surface area contributed by atoms with E-state index < -0.39 is 0 Å². The van der Waals surface area contributed by atoms with Gasteiger partial charge in [-0.05, 0) is 19.8 Å². The molecule has 122 valence electrons. The third kappa shape index (κ3) is 3.47. The maximum atomic E-state index is 12.5. The van der Waals surface area contributed by atoms with Gasteiger partial charge in [-0.2, -0.15) is 5.10 Å². The molecule has 0 saturated carbocycles. The fraction of sp³-hybridized carbons (Fsp3) is 0.800. The van der Waals surface area contributed by atoms with Crippen LogP contribution in [0.3, 0.4) is 0 Å². The van der Waals surface area contributed by atoms with Gasteiger partial charge in [-0.1, -0.05) is 0 Å². The summed E-state index contributed by atoms with van der Waals surface area (Å²) in [6.07, 6.45) is 3.50. The van der Waals surface area contributed by atoms with Gasteiger partial charge in [-0.15, -0.1) is 0 Å². The van der Waals surface area contributed by atoms with Crippen LogP contribution >= 0.6 is 0 Å². The van der Waals surface area contributed by atoms with Crippen LogP contribution in [-0.4, -0.2) is 69.9 Å². The quantitative estimate of drug-likeness (QED) is 0.804. The topological polar surface area (TPSA) is 63.5 Å². The molecule has 0 aromatic carbocycles. The van der Waals surface area contributed by atoms with Crippen molar-refractivity contribution in [3.8, 4) is 0 Å². The van der Waals surface area contributed by atoms with E-state index in [4.69, 9.17) is 4.74 Å². The Morgan fingerprint density at radius 2 is 2.27 bits per heavy atom. The summed E-state index contributed by atoms with van der Waals surface area (Å²) >= 11 is 0. The molecule has 3 heterocycles. The van der Waals surface area contributed by atoms with Gasteiger partial charge >= 0.3 is 0 Å². The van der Waals surface area contributed by atoms with Crippen molar-refractivity contribution < 1.29 is 9.53 Å². The number of ether oxygens (including phenoxy) is 1. The highest BCUT2D eigenvalue weighted by atomic mass is 16.5. The van der Waals surface area contributed by atoms with E-state index in [9.17, 15) is 4.79 Å². The minimum absolute atomic E-state index is 0.0785. The molecule has 2 saturated heterocycles. The lowest BCUT2D eigenvalue weighted by atomic mass is 10.1. The first kappa shape index (κ1) is 15.4. The van der Waals surface area contributed by atoms with Crippen LogP contribution < -0.4 is 0 Å². The summed E-state index contributed by atoms with van der Waals surface area (Å²) in [6, 6.07) is 0. The molecule has 0 radical (unpaired) electrons. The van der Waals surface area contributed by atoms with Gasteiger partial charge in [0.25, 0.3) is 0 Å². The second-order valence-corrected chi connectivity index (χ2v) is 6.01. The van der Waals surface area contributed by atoms with E-state index in [2.05, 4.69) is 21.9 Å². The van der Waals surface area contributed by atoms with E-state index in [0.717, 1.165) is 64.5 Å². The monoisotopic (exact) mass is 307 g/mol. The summed E-state index contributed by atoms with van der Waals surface area (Å²) in [7, 11) is 0. The van der Waals surface area contributed by atoms with Crippen LogP contribution in [0.25, 0.3) is 0 Å². The van der Waals surface area contributed by atoms with Crippen molar-refractivity contribution in [2.45, 2.75) is 32.9 Å². The average molecular weight is 307 g/mol. The van der Waals surface area contributed by atoms with Gasteiger partial charge in [0.05, 0.1) is 19.1 Å². The summed E-state index contributed by atoms with van der Waals surface area (Å²) in [5, 5.41) is 4.22. The van der Waals surface area contributed by atoms with Gasteiger partial charge in [0, 0.05) is 39.3 Å². The molecule has 1 unspecified atom stereocenters. The summed E-state index contributed by atoms with van der Waals surface area (Å²) in [4.78, 5) is 21.2. The highest BCUT2D eigenvalue weighted by molar-refractivity contribution is 5.79. The van der Waals surface area contributed by atoms with Crippen molar-refractivity contribution in [1.82, 2.24) is 24.6 Å². The number of rotatable bonds is 4. The van der Waals surface area contributed by atoms with Crippen LogP contribution in [0, 0.1) is 5.92 Å². The number of hydrogen-bond donors (Lipinski definition) is 0. The molecule has 7 heteroatoms. The van der Waals surface area contributed by atoms with Crippen LogP contribution in [0.5, 0.6) is 0 Å². The molecular formula is C15H25N5O2. The fourth-order valence-corrected chi connectivity index (χ4v) is 3.21. The van der Waals surface area contributed by atoms with Crippen LogP contribution in [0.2, 0.25) is 0 Å². The molecule has 22 heavy (non-hydrogen) atoms. The third-order valence-corrected chi connectivity index (χ3v) is 4.54. The summed E-state index contributed by atoms with van der Waals surface area (Å²) in [5.41, 5.74) is 0. The number of hydrogen-bond acceptors (Lipinski definition) is 5. The van der Waals surface area contributed by atoms with E-state index in [0.29, 0.717) is 6.61 Å². The van der Waals surface area contributed by atoms with Gasteiger partial charge in [0.15, 0.2) is 0 Å². The Morgan fingerprint density at radius 1 is 1.36 bits per heavy atom. The maximum absolute atomic E-state index is 12.5. The SMILES string of the molecule is CCn1ncnc1CN1CCCN(C(=O)C2CCOC2)CC1. The standard InChI is InChI=1S/C15H25N5O2/c1-2-20-14(16-12-17-20)10-18-5-3-6-19(8-7-18)15(21)13-4-9-22-11-13/h12-13H,2-11H2,1H3. The van der Waals surface area contributed by atoms with Gasteiger partial charge < -0.3 is 9.64 Å². The van der Waals surface area contributed by atoms with Gasteiger partial charge in [0.1, 0.15) is 12.2 Å². The lowest BCUT2D eigenvalue weighted by Gasteiger charge is -2.24. The van der Waals surface area contributed by atoms with Crippen molar-refractivity contribution in [3.63, 3.8) is 0 Å². The molecule has 2 fully saturated rings. The smallest absolute Gasteiger partial charge is 0.228 e. The van der Waals surface area contributed by atoms with E-state index in [-0.39, 0.29) is 11.8 Å². The second-order valence-electron chi connectivity index (χ2n) is 6.01. The first-order chi connectivity index (χ1) is 10.8. The van der Waals surface area contributed by atoms with Crippen LogP contribution in [0.15, 0.2) is 6.33 Å². The minimum atomic E-state index is 0.0785. The Labute approximate surface area is 131 Å². The predicted molar refractivity (Wildman–Crippen MR) is 81.1 cm³/mol. The van der Waals surface area contributed by atoms with Crippen molar-refractivity contribution in [2.75, 3.05) is 39.4 Å². The zero-order chi connectivity index (χ0) is 15.4. The molecule has 1 amide bonds. The first-order valence-electron chi connectivity index (χ1n) is 8.23. The number of carbonyl (C=O) groups excluding carboxylic acids is 1. The fourth-order valence-electron chi connectivity index (χ4n) is 3.21. The molecule has 2 aliphatic heterocycles. The Bertz CT molecular complexity index is 498. The molecule has 1 aromatic heterocycles. The summed E-state index contributed by atoms with van der Waals surface area (Å²) < 4.78 is 7.28. The minimum Gasteiger partial charge on any atom is -0.381 e. The van der Waals surface area contributed by atoms with Crippen LogP contribution in [-0.2, 0) is 22.6 Å². The molecule has 0 bridgehead atoms. The van der Waals surface area contributed by atoms with E-state index in [1.54, 1.807) is 6.33 Å². The highest BCUT2D eigenvalue weighted by Gasteiger charge is 2.29. The lowest BCUT2D eigenvalue weighted by molar-refractivity contribution is -0.135. The van der Waals surface area contributed by atoms with Crippen LogP contribution in [0.4, 0.5) is 0 Å². The number of aromatic nitrogens is 3. The zero-order valence-corrected chi connectivity index (χ0v) is 13.3. The normalized spacial score (nSPS) is 23.7. The average Bonchev–Trinajstić information content (AvgIpc) is 3.15. The van der Waals surface area contributed by atoms with Crippen molar-refractivity contribution in [1.29, 1.82) is 0 Å². The largest absolute Gasteiger partial charge is 0.381 e. The highest BCUT2D eigenvalue weighted by Crippen LogP contribution is 2.17.